The fourth-order valence-corrected chi connectivity index (χ4v) is 0.247. The van der Waals surface area contributed by atoms with Crippen molar-refractivity contribution in [3.8, 4) is 0 Å². The number of carbonyl (C=O) groups is 2. The van der Waals surface area contributed by atoms with Gasteiger partial charge in [-0.25, -0.2) is 9.59 Å². The van der Waals surface area contributed by atoms with Gasteiger partial charge in [-0.05, 0) is 56.1 Å². The molecule has 22 heavy (non-hydrogen) atoms. The zero-order valence-corrected chi connectivity index (χ0v) is 16.3. The molecule has 0 aliphatic rings. The van der Waals surface area contributed by atoms with Crippen LogP contribution in [0.5, 0.6) is 0 Å². The molecule has 0 aliphatic heterocycles. The van der Waals surface area contributed by atoms with Gasteiger partial charge in [-0.2, -0.15) is 0 Å². The second-order valence-electron chi connectivity index (χ2n) is 4.08. The van der Waals surface area contributed by atoms with Crippen molar-refractivity contribution < 1.29 is 29.3 Å². The standard InChI is InChI=1S/2C3H9N.2C3H6O3.2ClH/c2*1-4(2)3;2*1-2-6-3(4)5;;/h2*1-3H3;2*2H2,1H3,(H,4,5);2*1H. The van der Waals surface area contributed by atoms with Crippen LogP contribution in [-0.4, -0.2) is 87.8 Å². The van der Waals surface area contributed by atoms with Gasteiger partial charge in [0.15, 0.2) is 0 Å². The molecule has 0 aromatic heterocycles. The number of carboxylic acid groups (broad SMARTS) is 2. The maximum Gasteiger partial charge on any atom is 0.505 e. The van der Waals surface area contributed by atoms with Gasteiger partial charge in [0, 0.05) is 0 Å². The molecule has 8 nitrogen and oxygen atoms in total. The van der Waals surface area contributed by atoms with Crippen molar-refractivity contribution in [2.24, 2.45) is 0 Å². The third-order valence-electron chi connectivity index (χ3n) is 0.536. The molecule has 140 valence electrons. The van der Waals surface area contributed by atoms with E-state index in [0.717, 1.165) is 0 Å². The zero-order valence-electron chi connectivity index (χ0n) is 14.7. The van der Waals surface area contributed by atoms with Gasteiger partial charge in [0.05, 0.1) is 13.2 Å². The number of halogens is 2. The van der Waals surface area contributed by atoms with Gasteiger partial charge in [0.1, 0.15) is 0 Å². The van der Waals surface area contributed by atoms with Crippen molar-refractivity contribution in [1.29, 1.82) is 0 Å². The second kappa shape index (κ2) is 32.1. The number of nitrogens with zero attached hydrogens (tertiary/aromatic N) is 2. The van der Waals surface area contributed by atoms with Crippen molar-refractivity contribution in [1.82, 2.24) is 9.80 Å². The molecule has 0 aromatic rings. The van der Waals surface area contributed by atoms with Gasteiger partial charge in [-0.3, -0.25) is 0 Å². The van der Waals surface area contributed by atoms with Gasteiger partial charge < -0.3 is 29.5 Å². The van der Waals surface area contributed by atoms with Crippen LogP contribution < -0.4 is 0 Å². The van der Waals surface area contributed by atoms with E-state index in [2.05, 4.69) is 9.47 Å². The molecular weight excluding hydrogens is 339 g/mol. The van der Waals surface area contributed by atoms with Crippen LogP contribution in [0.1, 0.15) is 13.8 Å². The SMILES string of the molecule is CCOC(=O)O.CCOC(=O)O.CN(C)C.CN(C)C.Cl.Cl. The lowest BCUT2D eigenvalue weighted by atomic mass is 10.9. The monoisotopic (exact) mass is 370 g/mol. The molecule has 0 spiro atoms. The first kappa shape index (κ1) is 37.4. The molecule has 0 aliphatic carbocycles. The van der Waals surface area contributed by atoms with Crippen LogP contribution in [0.15, 0.2) is 0 Å². The van der Waals surface area contributed by atoms with E-state index >= 15 is 0 Å². The molecular formula is C12H32Cl2N2O6. The number of hydrogen-bond acceptors (Lipinski definition) is 6. The average molecular weight is 371 g/mol. The van der Waals surface area contributed by atoms with E-state index in [0.29, 0.717) is 0 Å². The molecule has 0 radical (unpaired) electrons. The largest absolute Gasteiger partial charge is 0.505 e. The van der Waals surface area contributed by atoms with Crippen LogP contribution >= 0.6 is 24.8 Å². The van der Waals surface area contributed by atoms with Crippen LogP contribution in [0, 0.1) is 0 Å². The molecule has 0 aromatic carbocycles. The van der Waals surface area contributed by atoms with E-state index in [-0.39, 0.29) is 38.0 Å². The Bertz CT molecular complexity index is 192. The highest BCUT2D eigenvalue weighted by atomic mass is 35.5. The molecule has 0 rings (SSSR count). The minimum Gasteiger partial charge on any atom is -0.450 e. The summed E-state index contributed by atoms with van der Waals surface area (Å²) in [5.41, 5.74) is 0. The summed E-state index contributed by atoms with van der Waals surface area (Å²) in [5.74, 6) is 0. The highest BCUT2D eigenvalue weighted by Crippen LogP contribution is 1.70. The Balaban J connectivity index is -0.0000000383. The third kappa shape index (κ3) is 244. The lowest BCUT2D eigenvalue weighted by molar-refractivity contribution is 0.0953. The molecule has 0 atom stereocenters. The Hall–Kier alpha value is -0.960. The maximum atomic E-state index is 9.38. The minimum absolute atomic E-state index is 0. The number of hydrogen-bond donors (Lipinski definition) is 2. The summed E-state index contributed by atoms with van der Waals surface area (Å²) in [6.45, 7) is 3.70. The smallest absolute Gasteiger partial charge is 0.450 e. The Morgan fingerprint density at radius 2 is 0.864 bits per heavy atom. The van der Waals surface area contributed by atoms with E-state index < -0.39 is 12.3 Å². The Kier molecular flexibility index (Phi) is 54.5. The minimum atomic E-state index is -1.21. The van der Waals surface area contributed by atoms with Crippen molar-refractivity contribution in [3.05, 3.63) is 0 Å². The molecule has 0 unspecified atom stereocenters. The predicted molar refractivity (Wildman–Crippen MR) is 93.0 cm³/mol. The fraction of sp³-hybridized carbons (Fsp3) is 0.833. The molecule has 0 bridgehead atoms. The van der Waals surface area contributed by atoms with Crippen molar-refractivity contribution in [2.45, 2.75) is 13.8 Å². The van der Waals surface area contributed by atoms with Crippen LogP contribution in [0.4, 0.5) is 9.59 Å². The summed E-state index contributed by atoms with van der Waals surface area (Å²) < 4.78 is 7.92. The summed E-state index contributed by atoms with van der Waals surface area (Å²) in [6, 6.07) is 0. The predicted octanol–water partition coefficient (Wildman–Crippen LogP) is 2.60. The number of ether oxygens (including phenoxy) is 2. The van der Waals surface area contributed by atoms with Crippen LogP contribution in [0.25, 0.3) is 0 Å². The highest BCUT2D eigenvalue weighted by molar-refractivity contribution is 5.85. The first-order valence-electron chi connectivity index (χ1n) is 5.94. The Morgan fingerprint density at radius 3 is 0.864 bits per heavy atom. The zero-order chi connectivity index (χ0) is 17.1. The van der Waals surface area contributed by atoms with Gasteiger partial charge in [0.25, 0.3) is 0 Å². The molecule has 0 fully saturated rings. The van der Waals surface area contributed by atoms with Gasteiger partial charge in [-0.15, -0.1) is 24.8 Å². The van der Waals surface area contributed by atoms with Crippen molar-refractivity contribution >= 4 is 37.1 Å². The average Bonchev–Trinajstić information content (AvgIpc) is 2.15. The summed E-state index contributed by atoms with van der Waals surface area (Å²) in [7, 11) is 12.0. The Labute approximate surface area is 146 Å². The molecule has 2 N–H and O–H groups in total. The van der Waals surface area contributed by atoms with E-state index in [1.165, 1.54) is 0 Å². The molecule has 0 heterocycles. The van der Waals surface area contributed by atoms with Gasteiger partial charge in [-0.1, -0.05) is 0 Å². The quantitative estimate of drug-likeness (QED) is 0.715. The Morgan fingerprint density at radius 1 is 0.727 bits per heavy atom. The first-order chi connectivity index (χ1) is 9.00. The first-order valence-corrected chi connectivity index (χ1v) is 5.94. The molecule has 0 saturated heterocycles. The third-order valence-corrected chi connectivity index (χ3v) is 0.536. The second-order valence-corrected chi connectivity index (χ2v) is 4.08. The summed E-state index contributed by atoms with van der Waals surface area (Å²) in [5, 5.41) is 15.4. The van der Waals surface area contributed by atoms with Gasteiger partial charge in [0.2, 0.25) is 0 Å². The van der Waals surface area contributed by atoms with Crippen molar-refractivity contribution in [2.75, 3.05) is 55.5 Å². The molecule has 10 heteroatoms. The van der Waals surface area contributed by atoms with Crippen molar-refractivity contribution in [3.63, 3.8) is 0 Å². The molecule has 0 amide bonds. The maximum absolute atomic E-state index is 9.38. The summed E-state index contributed by atoms with van der Waals surface area (Å²) >= 11 is 0. The van der Waals surface area contributed by atoms with Gasteiger partial charge >= 0.3 is 12.3 Å². The van der Waals surface area contributed by atoms with E-state index in [1.807, 2.05) is 52.1 Å². The highest BCUT2D eigenvalue weighted by Gasteiger charge is 1.86. The normalized spacial score (nSPS) is 7.36. The lowest BCUT2D eigenvalue weighted by Crippen LogP contribution is -1.99. The van der Waals surface area contributed by atoms with E-state index in [1.54, 1.807) is 13.8 Å². The topological polar surface area (TPSA) is 99.5 Å². The van der Waals surface area contributed by atoms with E-state index in [9.17, 15) is 9.59 Å². The van der Waals surface area contributed by atoms with Crippen LogP contribution in [-0.2, 0) is 9.47 Å². The van der Waals surface area contributed by atoms with Crippen LogP contribution in [0.2, 0.25) is 0 Å². The fourth-order valence-electron chi connectivity index (χ4n) is 0.247. The summed E-state index contributed by atoms with van der Waals surface area (Å²) in [6.07, 6.45) is -2.42. The lowest BCUT2D eigenvalue weighted by Gasteiger charge is -1.90. The molecule has 0 saturated carbocycles. The summed E-state index contributed by atoms with van der Waals surface area (Å²) in [4.78, 5) is 22.8. The number of rotatable bonds is 2. The van der Waals surface area contributed by atoms with E-state index in [4.69, 9.17) is 10.2 Å². The van der Waals surface area contributed by atoms with Crippen LogP contribution in [0.3, 0.4) is 0 Å².